The van der Waals surface area contributed by atoms with Crippen molar-refractivity contribution in [3.63, 3.8) is 0 Å². The summed E-state index contributed by atoms with van der Waals surface area (Å²) < 4.78 is 0. The molecule has 0 spiro atoms. The van der Waals surface area contributed by atoms with Crippen LogP contribution in [0.15, 0.2) is 54.6 Å². The molecule has 2 aromatic carbocycles. The number of amides is 3. The molecule has 1 aliphatic rings. The number of anilines is 2. The molecular weight excluding hydrogens is 318 g/mol. The Bertz CT molecular complexity index is 835. The van der Waals surface area contributed by atoms with E-state index in [9.17, 15) is 14.4 Å². The van der Waals surface area contributed by atoms with E-state index in [1.165, 1.54) is 11.8 Å². The van der Waals surface area contributed by atoms with Gasteiger partial charge in [0.25, 0.3) is 5.91 Å². The Hall–Kier alpha value is -3.15. The summed E-state index contributed by atoms with van der Waals surface area (Å²) in [6.07, 6.45) is -0.179. The van der Waals surface area contributed by atoms with E-state index in [4.69, 9.17) is 0 Å². The minimum Gasteiger partial charge on any atom is -0.338 e. The van der Waals surface area contributed by atoms with E-state index < -0.39 is 5.54 Å². The van der Waals surface area contributed by atoms with Crippen molar-refractivity contribution in [1.82, 2.24) is 5.32 Å². The largest absolute Gasteiger partial charge is 0.338 e. The lowest BCUT2D eigenvalue weighted by molar-refractivity contribution is -0.133. The second kappa shape index (κ2) is 6.39. The number of para-hydroxylation sites is 2. The van der Waals surface area contributed by atoms with Gasteiger partial charge in [-0.1, -0.05) is 36.4 Å². The summed E-state index contributed by atoms with van der Waals surface area (Å²) in [6.45, 7) is 1.34. The van der Waals surface area contributed by atoms with Gasteiger partial charge >= 0.3 is 0 Å². The summed E-state index contributed by atoms with van der Waals surface area (Å²) in [5, 5.41) is 5.49. The molecular formula is C19H19N3O3. The van der Waals surface area contributed by atoms with Gasteiger partial charge in [-0.15, -0.1) is 0 Å². The van der Waals surface area contributed by atoms with Crippen molar-refractivity contribution in [3.05, 3.63) is 60.2 Å². The molecule has 2 N–H and O–H groups in total. The maximum atomic E-state index is 12.9. The summed E-state index contributed by atoms with van der Waals surface area (Å²) >= 11 is 0. The van der Waals surface area contributed by atoms with Crippen LogP contribution in [0.2, 0.25) is 0 Å². The molecule has 0 saturated heterocycles. The molecule has 3 amide bonds. The Morgan fingerprint density at radius 3 is 2.36 bits per heavy atom. The summed E-state index contributed by atoms with van der Waals surface area (Å²) in [5.41, 5.74) is 0.558. The zero-order chi connectivity index (χ0) is 18.0. The van der Waals surface area contributed by atoms with Gasteiger partial charge < -0.3 is 15.5 Å². The first-order valence-electron chi connectivity index (χ1n) is 7.95. The van der Waals surface area contributed by atoms with Crippen molar-refractivity contribution in [2.45, 2.75) is 18.9 Å². The Morgan fingerprint density at radius 2 is 1.68 bits per heavy atom. The predicted octanol–water partition coefficient (Wildman–Crippen LogP) is 2.02. The van der Waals surface area contributed by atoms with E-state index in [0.29, 0.717) is 16.9 Å². The van der Waals surface area contributed by atoms with Crippen molar-refractivity contribution >= 4 is 29.1 Å². The van der Waals surface area contributed by atoms with Crippen LogP contribution in [0, 0.1) is 0 Å². The molecule has 3 rings (SSSR count). The summed E-state index contributed by atoms with van der Waals surface area (Å²) in [5.74, 6) is -1.04. The second-order valence-electron chi connectivity index (χ2n) is 6.06. The number of fused-ring (bicyclic) bond motifs is 1. The maximum Gasteiger partial charge on any atom is 0.257 e. The van der Waals surface area contributed by atoms with E-state index >= 15 is 0 Å². The van der Waals surface area contributed by atoms with Gasteiger partial charge in [-0.2, -0.15) is 0 Å². The van der Waals surface area contributed by atoms with Gasteiger partial charge in [0.05, 0.1) is 6.42 Å². The lowest BCUT2D eigenvalue weighted by atomic mass is 9.87. The van der Waals surface area contributed by atoms with Crippen LogP contribution in [0.25, 0.3) is 0 Å². The Kier molecular flexibility index (Phi) is 4.27. The molecule has 0 radical (unpaired) electrons. The Morgan fingerprint density at radius 1 is 1.04 bits per heavy atom. The summed E-state index contributed by atoms with van der Waals surface area (Å²) in [7, 11) is 1.64. The SMILES string of the molecule is CC(=O)N[C@@]1(CC(=O)Nc2ccccc2)C(=O)N(C)c2ccccc21. The van der Waals surface area contributed by atoms with Gasteiger partial charge in [-0.05, 0) is 18.2 Å². The van der Waals surface area contributed by atoms with Crippen molar-refractivity contribution in [3.8, 4) is 0 Å². The van der Waals surface area contributed by atoms with Crippen molar-refractivity contribution in [1.29, 1.82) is 0 Å². The first-order valence-corrected chi connectivity index (χ1v) is 7.95. The standard InChI is InChI=1S/C19H19N3O3/c1-13(23)21-19(12-17(24)20-14-8-4-3-5-9-14)15-10-6-7-11-16(15)22(2)18(19)25/h3-11H,12H2,1-2H3,(H,20,24)(H,21,23)/t19-/m1/s1. The fourth-order valence-corrected chi connectivity index (χ4v) is 3.24. The average molecular weight is 337 g/mol. The molecule has 1 heterocycles. The quantitative estimate of drug-likeness (QED) is 0.896. The molecule has 2 aromatic rings. The van der Waals surface area contributed by atoms with Crippen LogP contribution in [0.3, 0.4) is 0 Å². The highest BCUT2D eigenvalue weighted by Crippen LogP contribution is 2.41. The summed E-state index contributed by atoms with van der Waals surface area (Å²) in [4.78, 5) is 38.8. The molecule has 0 bridgehead atoms. The lowest BCUT2D eigenvalue weighted by Gasteiger charge is -2.28. The number of nitrogens with one attached hydrogen (secondary N) is 2. The van der Waals surface area contributed by atoms with Crippen LogP contribution >= 0.6 is 0 Å². The number of rotatable bonds is 4. The number of carbonyl (C=O) groups excluding carboxylic acids is 3. The van der Waals surface area contributed by atoms with E-state index in [2.05, 4.69) is 10.6 Å². The van der Waals surface area contributed by atoms with Crippen LogP contribution < -0.4 is 15.5 Å². The molecule has 6 heteroatoms. The topological polar surface area (TPSA) is 78.5 Å². The molecule has 0 fully saturated rings. The summed E-state index contributed by atoms with van der Waals surface area (Å²) in [6, 6.07) is 16.2. The molecule has 0 aromatic heterocycles. The molecule has 6 nitrogen and oxygen atoms in total. The van der Waals surface area contributed by atoms with Gasteiger partial charge in [0.15, 0.2) is 5.54 Å². The van der Waals surface area contributed by atoms with E-state index in [1.54, 1.807) is 37.4 Å². The predicted molar refractivity (Wildman–Crippen MR) is 95.0 cm³/mol. The van der Waals surface area contributed by atoms with E-state index in [0.717, 1.165) is 0 Å². The third-order valence-electron chi connectivity index (χ3n) is 4.27. The van der Waals surface area contributed by atoms with Gasteiger partial charge in [0.2, 0.25) is 11.8 Å². The number of hydrogen-bond donors (Lipinski definition) is 2. The first-order chi connectivity index (χ1) is 11.9. The number of hydrogen-bond acceptors (Lipinski definition) is 3. The van der Waals surface area contributed by atoms with Crippen LogP contribution in [-0.4, -0.2) is 24.8 Å². The molecule has 1 atom stereocenters. The minimum atomic E-state index is -1.39. The molecule has 1 aliphatic heterocycles. The smallest absolute Gasteiger partial charge is 0.257 e. The maximum absolute atomic E-state index is 12.9. The fraction of sp³-hybridized carbons (Fsp3) is 0.211. The average Bonchev–Trinajstić information content (AvgIpc) is 2.78. The molecule has 0 aliphatic carbocycles. The number of benzene rings is 2. The number of nitrogens with zero attached hydrogens (tertiary/aromatic N) is 1. The van der Waals surface area contributed by atoms with Crippen molar-refractivity contribution < 1.29 is 14.4 Å². The Balaban J connectivity index is 1.96. The molecule has 0 unspecified atom stereocenters. The van der Waals surface area contributed by atoms with Crippen LogP contribution in [0.4, 0.5) is 11.4 Å². The number of likely N-dealkylation sites (N-methyl/N-ethyl adjacent to an activating group) is 1. The molecule has 25 heavy (non-hydrogen) atoms. The normalized spacial score (nSPS) is 18.6. The van der Waals surface area contributed by atoms with E-state index in [1.807, 2.05) is 24.3 Å². The first kappa shape index (κ1) is 16.7. The van der Waals surface area contributed by atoms with Gasteiger partial charge in [-0.25, -0.2) is 0 Å². The second-order valence-corrected chi connectivity index (χ2v) is 6.06. The van der Waals surface area contributed by atoms with Gasteiger partial charge in [0.1, 0.15) is 0 Å². The monoisotopic (exact) mass is 337 g/mol. The third-order valence-corrected chi connectivity index (χ3v) is 4.27. The van der Waals surface area contributed by atoms with Crippen LogP contribution in [0.5, 0.6) is 0 Å². The van der Waals surface area contributed by atoms with Crippen LogP contribution in [-0.2, 0) is 19.9 Å². The third kappa shape index (κ3) is 2.98. The Labute approximate surface area is 145 Å². The highest BCUT2D eigenvalue weighted by atomic mass is 16.2. The van der Waals surface area contributed by atoms with Crippen molar-refractivity contribution in [2.24, 2.45) is 0 Å². The minimum absolute atomic E-state index is 0.179. The van der Waals surface area contributed by atoms with Gasteiger partial charge in [0, 0.05) is 30.9 Å². The number of carbonyl (C=O) groups is 3. The van der Waals surface area contributed by atoms with Crippen LogP contribution in [0.1, 0.15) is 18.9 Å². The fourth-order valence-electron chi connectivity index (χ4n) is 3.24. The zero-order valence-corrected chi connectivity index (χ0v) is 14.1. The highest BCUT2D eigenvalue weighted by Gasteiger charge is 2.51. The van der Waals surface area contributed by atoms with Crippen molar-refractivity contribution in [2.75, 3.05) is 17.3 Å². The van der Waals surface area contributed by atoms with E-state index in [-0.39, 0.29) is 24.1 Å². The van der Waals surface area contributed by atoms with Gasteiger partial charge in [-0.3, -0.25) is 14.4 Å². The lowest BCUT2D eigenvalue weighted by Crippen LogP contribution is -2.53. The molecule has 0 saturated carbocycles. The zero-order valence-electron chi connectivity index (χ0n) is 14.1. The highest BCUT2D eigenvalue weighted by molar-refractivity contribution is 6.11. The molecule has 128 valence electrons.